The van der Waals surface area contributed by atoms with E-state index >= 15 is 0 Å². The van der Waals surface area contributed by atoms with Gasteiger partial charge in [0.05, 0.1) is 0 Å². The number of aromatic hydroxyl groups is 1. The van der Waals surface area contributed by atoms with E-state index in [1.807, 2.05) is 18.2 Å². The molecule has 3 heteroatoms. The van der Waals surface area contributed by atoms with Crippen molar-refractivity contribution in [1.82, 2.24) is 0 Å². The Kier molecular flexibility index (Phi) is 4.86. The lowest BCUT2D eigenvalue weighted by molar-refractivity contribution is 0.103. The molecule has 0 aliphatic rings. The zero-order valence-electron chi connectivity index (χ0n) is 13.4. The molecule has 0 aliphatic heterocycles. The number of hydrogen-bond acceptors (Lipinski definition) is 3. The molecule has 0 unspecified atom stereocenters. The highest BCUT2D eigenvalue weighted by Gasteiger charge is 2.08. The molecule has 3 aromatic carbocycles. The fourth-order valence-electron chi connectivity index (χ4n) is 2.40. The summed E-state index contributed by atoms with van der Waals surface area (Å²) in [5.74, 6) is -0.0548. The first-order valence-electron chi connectivity index (χ1n) is 7.85. The Morgan fingerprint density at radius 2 is 1.24 bits per heavy atom. The van der Waals surface area contributed by atoms with E-state index in [0.29, 0.717) is 16.7 Å². The van der Waals surface area contributed by atoms with E-state index in [-0.39, 0.29) is 17.3 Å². The minimum absolute atomic E-state index is 0.0650. The van der Waals surface area contributed by atoms with Gasteiger partial charge in [-0.25, -0.2) is 0 Å². The van der Waals surface area contributed by atoms with Crippen LogP contribution in [0.3, 0.4) is 0 Å². The normalized spacial score (nSPS) is 10.7. The average molecular weight is 328 g/mol. The third-order valence-electron chi connectivity index (χ3n) is 3.79. The second kappa shape index (κ2) is 7.41. The van der Waals surface area contributed by atoms with Gasteiger partial charge in [-0.3, -0.25) is 9.59 Å². The first-order chi connectivity index (χ1) is 12.1. The number of ketones is 2. The summed E-state index contributed by atoms with van der Waals surface area (Å²) in [7, 11) is 0. The fraction of sp³-hybridized carbons (Fsp3) is 0. The molecule has 0 radical (unpaired) electrons. The van der Waals surface area contributed by atoms with Crippen LogP contribution in [0.4, 0.5) is 0 Å². The van der Waals surface area contributed by atoms with Crippen molar-refractivity contribution in [3.8, 4) is 5.75 Å². The number of rotatable bonds is 5. The molecule has 3 nitrogen and oxygen atoms in total. The lowest BCUT2D eigenvalue weighted by atomic mass is 10.0. The molecule has 3 rings (SSSR count). The van der Waals surface area contributed by atoms with Crippen LogP contribution in [-0.4, -0.2) is 16.7 Å². The summed E-state index contributed by atoms with van der Waals surface area (Å²) in [5.41, 5.74) is 2.54. The maximum Gasteiger partial charge on any atom is 0.193 e. The molecule has 0 amide bonds. The van der Waals surface area contributed by atoms with Crippen LogP contribution in [0.25, 0.3) is 6.08 Å². The quantitative estimate of drug-likeness (QED) is 0.553. The zero-order chi connectivity index (χ0) is 17.6. The second-order valence-electron chi connectivity index (χ2n) is 5.56. The van der Waals surface area contributed by atoms with Gasteiger partial charge in [0, 0.05) is 16.7 Å². The Morgan fingerprint density at radius 3 is 1.84 bits per heavy atom. The van der Waals surface area contributed by atoms with Crippen molar-refractivity contribution in [2.75, 3.05) is 0 Å². The second-order valence-corrected chi connectivity index (χ2v) is 5.56. The Labute approximate surface area is 145 Å². The number of benzene rings is 3. The molecule has 25 heavy (non-hydrogen) atoms. The standard InChI is InChI=1S/C22H16O3/c23-20-13-11-19(12-14-20)22(25)18-9-6-16(7-10-18)8-15-21(24)17-4-2-1-3-5-17/h1-15,23H/b15-8+. The predicted molar refractivity (Wildman–Crippen MR) is 97.8 cm³/mol. The molecular formula is C22H16O3. The van der Waals surface area contributed by atoms with Gasteiger partial charge in [-0.15, -0.1) is 0 Å². The van der Waals surface area contributed by atoms with Gasteiger partial charge in [-0.1, -0.05) is 60.7 Å². The van der Waals surface area contributed by atoms with Gasteiger partial charge in [-0.2, -0.15) is 0 Å². The van der Waals surface area contributed by atoms with E-state index < -0.39 is 0 Å². The topological polar surface area (TPSA) is 54.4 Å². The lowest BCUT2D eigenvalue weighted by Crippen LogP contribution is -2.00. The number of allylic oxidation sites excluding steroid dienone is 1. The predicted octanol–water partition coefficient (Wildman–Crippen LogP) is 4.52. The van der Waals surface area contributed by atoms with E-state index in [2.05, 4.69) is 0 Å². The zero-order valence-corrected chi connectivity index (χ0v) is 13.4. The van der Waals surface area contributed by atoms with Gasteiger partial charge >= 0.3 is 0 Å². The highest BCUT2D eigenvalue weighted by Crippen LogP contribution is 2.15. The average Bonchev–Trinajstić information content (AvgIpc) is 2.67. The summed E-state index contributed by atoms with van der Waals surface area (Å²) < 4.78 is 0. The third kappa shape index (κ3) is 4.09. The molecule has 0 spiro atoms. The van der Waals surface area contributed by atoms with Gasteiger partial charge in [0.15, 0.2) is 11.6 Å². The molecule has 0 saturated carbocycles. The van der Waals surface area contributed by atoms with E-state index in [0.717, 1.165) is 5.56 Å². The minimum Gasteiger partial charge on any atom is -0.508 e. The monoisotopic (exact) mass is 328 g/mol. The molecule has 3 aromatic rings. The molecule has 0 fully saturated rings. The Hall–Kier alpha value is -3.46. The van der Waals surface area contributed by atoms with Gasteiger partial charge in [0.25, 0.3) is 0 Å². The summed E-state index contributed by atoms with van der Waals surface area (Å²) >= 11 is 0. The maximum absolute atomic E-state index is 12.4. The van der Waals surface area contributed by atoms with Gasteiger partial charge < -0.3 is 5.11 Å². The highest BCUT2D eigenvalue weighted by atomic mass is 16.3. The van der Waals surface area contributed by atoms with Crippen LogP contribution >= 0.6 is 0 Å². The van der Waals surface area contributed by atoms with Crippen LogP contribution in [0, 0.1) is 0 Å². The first-order valence-corrected chi connectivity index (χ1v) is 7.85. The Balaban J connectivity index is 1.72. The van der Waals surface area contributed by atoms with E-state index in [1.165, 1.54) is 18.2 Å². The minimum atomic E-state index is -0.115. The van der Waals surface area contributed by atoms with Crippen LogP contribution in [0.1, 0.15) is 31.8 Å². The molecule has 0 aliphatic carbocycles. The molecular weight excluding hydrogens is 312 g/mol. The molecule has 0 aromatic heterocycles. The van der Waals surface area contributed by atoms with Crippen molar-refractivity contribution in [3.05, 3.63) is 107 Å². The van der Waals surface area contributed by atoms with Crippen molar-refractivity contribution in [2.24, 2.45) is 0 Å². The van der Waals surface area contributed by atoms with Crippen molar-refractivity contribution in [2.45, 2.75) is 0 Å². The third-order valence-corrected chi connectivity index (χ3v) is 3.79. The number of carbonyl (C=O) groups excluding carboxylic acids is 2. The van der Waals surface area contributed by atoms with Gasteiger partial charge in [0.2, 0.25) is 0 Å². The molecule has 0 atom stereocenters. The summed E-state index contributed by atoms with van der Waals surface area (Å²) in [6.07, 6.45) is 3.25. The highest BCUT2D eigenvalue weighted by molar-refractivity contribution is 6.09. The molecule has 1 N–H and O–H groups in total. The lowest BCUT2D eigenvalue weighted by Gasteiger charge is -2.02. The van der Waals surface area contributed by atoms with E-state index in [1.54, 1.807) is 54.6 Å². The van der Waals surface area contributed by atoms with Gasteiger partial charge in [-0.05, 0) is 35.9 Å². The van der Waals surface area contributed by atoms with Crippen molar-refractivity contribution in [1.29, 1.82) is 0 Å². The number of phenolic OH excluding ortho intramolecular Hbond substituents is 1. The number of phenols is 1. The Morgan fingerprint density at radius 1 is 0.680 bits per heavy atom. The van der Waals surface area contributed by atoms with Crippen LogP contribution in [0.15, 0.2) is 84.9 Å². The van der Waals surface area contributed by atoms with Crippen molar-refractivity contribution >= 4 is 17.6 Å². The van der Waals surface area contributed by atoms with Crippen LogP contribution in [-0.2, 0) is 0 Å². The Bertz CT molecular complexity index is 906. The summed E-state index contributed by atoms with van der Waals surface area (Å²) in [6, 6.07) is 22.2. The first kappa shape index (κ1) is 16.4. The van der Waals surface area contributed by atoms with Crippen molar-refractivity contribution < 1.29 is 14.7 Å². The van der Waals surface area contributed by atoms with Crippen molar-refractivity contribution in [3.63, 3.8) is 0 Å². The molecule has 0 saturated heterocycles. The van der Waals surface area contributed by atoms with Crippen LogP contribution in [0.2, 0.25) is 0 Å². The largest absolute Gasteiger partial charge is 0.508 e. The van der Waals surface area contributed by atoms with Crippen LogP contribution < -0.4 is 0 Å². The number of carbonyl (C=O) groups is 2. The van der Waals surface area contributed by atoms with Crippen LogP contribution in [0.5, 0.6) is 5.75 Å². The van der Waals surface area contributed by atoms with E-state index in [9.17, 15) is 14.7 Å². The fourth-order valence-corrected chi connectivity index (χ4v) is 2.40. The summed E-state index contributed by atoms with van der Waals surface area (Å²) in [5, 5.41) is 9.29. The van der Waals surface area contributed by atoms with Gasteiger partial charge in [0.1, 0.15) is 5.75 Å². The molecule has 0 bridgehead atoms. The summed E-state index contributed by atoms with van der Waals surface area (Å²) in [6.45, 7) is 0. The molecule has 0 heterocycles. The summed E-state index contributed by atoms with van der Waals surface area (Å²) in [4.78, 5) is 24.4. The molecule has 122 valence electrons. The smallest absolute Gasteiger partial charge is 0.193 e. The number of hydrogen-bond donors (Lipinski definition) is 1. The maximum atomic E-state index is 12.4. The van der Waals surface area contributed by atoms with E-state index in [4.69, 9.17) is 0 Å². The SMILES string of the molecule is O=C(/C=C/c1ccc(C(=O)c2ccc(O)cc2)cc1)c1ccccc1.